The van der Waals surface area contributed by atoms with Gasteiger partial charge >= 0.3 is 5.69 Å². The Bertz CT molecular complexity index is 1070. The van der Waals surface area contributed by atoms with Gasteiger partial charge in [-0.05, 0) is 37.3 Å². The van der Waals surface area contributed by atoms with Gasteiger partial charge in [-0.2, -0.15) is 0 Å². The first-order valence-corrected chi connectivity index (χ1v) is 8.29. The zero-order chi connectivity index (χ0) is 19.7. The Balaban J connectivity index is 1.84. The van der Waals surface area contributed by atoms with Gasteiger partial charge in [0.1, 0.15) is 0 Å². The summed E-state index contributed by atoms with van der Waals surface area (Å²) in [7, 11) is 0. The molecular formula is C17H11F2N3O4S. The average Bonchev–Trinajstić information content (AvgIpc) is 2.97. The van der Waals surface area contributed by atoms with E-state index in [1.807, 2.05) is 0 Å². The van der Waals surface area contributed by atoms with Gasteiger partial charge in [0.2, 0.25) is 0 Å². The minimum Gasteiger partial charge on any atom is -0.502 e. The van der Waals surface area contributed by atoms with Crippen molar-refractivity contribution in [3.05, 3.63) is 68.6 Å². The maximum atomic E-state index is 13.4. The number of phenols is 1. The molecule has 2 N–H and O–H groups in total. The van der Waals surface area contributed by atoms with Crippen molar-refractivity contribution in [3.63, 3.8) is 0 Å². The van der Waals surface area contributed by atoms with Crippen LogP contribution < -0.4 is 5.32 Å². The summed E-state index contributed by atoms with van der Waals surface area (Å²) < 4.78 is 26.5. The van der Waals surface area contributed by atoms with E-state index in [0.29, 0.717) is 16.1 Å². The second-order valence-electron chi connectivity index (χ2n) is 5.47. The van der Waals surface area contributed by atoms with Crippen molar-refractivity contribution in [3.8, 4) is 17.0 Å². The molecule has 2 aromatic carbocycles. The Hall–Kier alpha value is -3.40. The van der Waals surface area contributed by atoms with Crippen molar-refractivity contribution >= 4 is 28.1 Å². The van der Waals surface area contributed by atoms with Gasteiger partial charge in [-0.3, -0.25) is 20.2 Å². The van der Waals surface area contributed by atoms with E-state index in [9.17, 15) is 28.8 Å². The number of benzene rings is 2. The largest absolute Gasteiger partial charge is 0.502 e. The van der Waals surface area contributed by atoms with Gasteiger partial charge in [0.05, 0.1) is 10.6 Å². The summed E-state index contributed by atoms with van der Waals surface area (Å²) >= 11 is 1.12. The SMILES string of the molecule is Cc1sc(NC(=O)c2ccc([N+](=O)[O-])c(O)c2)nc1-c1ccc(F)c(F)c1. The molecule has 138 valence electrons. The van der Waals surface area contributed by atoms with Gasteiger partial charge in [-0.1, -0.05) is 0 Å². The maximum absolute atomic E-state index is 13.4. The molecule has 0 spiro atoms. The number of hydrogen-bond acceptors (Lipinski definition) is 6. The number of nitro benzene ring substituents is 1. The first kappa shape index (κ1) is 18.4. The zero-order valence-electron chi connectivity index (χ0n) is 13.7. The molecule has 0 aliphatic heterocycles. The molecule has 0 fully saturated rings. The smallest absolute Gasteiger partial charge is 0.310 e. The highest BCUT2D eigenvalue weighted by atomic mass is 32.1. The van der Waals surface area contributed by atoms with Crippen LogP contribution in [0.4, 0.5) is 19.6 Å². The van der Waals surface area contributed by atoms with Crippen molar-refractivity contribution in [1.82, 2.24) is 4.98 Å². The van der Waals surface area contributed by atoms with E-state index in [1.54, 1.807) is 6.92 Å². The van der Waals surface area contributed by atoms with Gasteiger partial charge in [-0.15, -0.1) is 11.3 Å². The summed E-state index contributed by atoms with van der Waals surface area (Å²) in [5, 5.41) is 23.0. The standard InChI is InChI=1S/C17H11F2N3O4S/c1-8-15(9-2-4-11(18)12(19)6-9)20-17(27-8)21-16(24)10-3-5-13(22(25)26)14(23)7-10/h2-7,23H,1H3,(H,20,21,24). The zero-order valence-corrected chi connectivity index (χ0v) is 14.5. The number of rotatable bonds is 4. The fraction of sp³-hybridized carbons (Fsp3) is 0.0588. The lowest BCUT2D eigenvalue weighted by atomic mass is 10.1. The molecule has 10 heteroatoms. The molecule has 1 heterocycles. The van der Waals surface area contributed by atoms with Gasteiger partial charge < -0.3 is 5.11 Å². The van der Waals surface area contributed by atoms with Crippen molar-refractivity contribution in [2.75, 3.05) is 5.32 Å². The summed E-state index contributed by atoms with van der Waals surface area (Å²) in [6.07, 6.45) is 0. The monoisotopic (exact) mass is 391 g/mol. The second kappa shape index (κ2) is 7.08. The fourth-order valence-corrected chi connectivity index (χ4v) is 3.18. The summed E-state index contributed by atoms with van der Waals surface area (Å²) in [5.74, 6) is -3.25. The molecule has 0 unspecified atom stereocenters. The first-order chi connectivity index (χ1) is 12.8. The molecule has 0 atom stereocenters. The van der Waals surface area contributed by atoms with Crippen LogP contribution >= 0.6 is 11.3 Å². The molecule has 0 saturated heterocycles. The number of nitrogens with zero attached hydrogens (tertiary/aromatic N) is 2. The van der Waals surface area contributed by atoms with E-state index in [1.165, 1.54) is 12.1 Å². The molecular weight excluding hydrogens is 380 g/mol. The van der Waals surface area contributed by atoms with E-state index in [2.05, 4.69) is 10.3 Å². The third-order valence-electron chi connectivity index (χ3n) is 3.64. The molecule has 1 amide bonds. The van der Waals surface area contributed by atoms with Crippen LogP contribution in [0.1, 0.15) is 15.2 Å². The van der Waals surface area contributed by atoms with Gasteiger partial charge in [0, 0.05) is 22.1 Å². The lowest BCUT2D eigenvalue weighted by Gasteiger charge is -2.03. The summed E-state index contributed by atoms with van der Waals surface area (Å²) in [5.41, 5.74) is 0.231. The molecule has 1 aromatic heterocycles. The Kier molecular flexibility index (Phi) is 4.82. The number of carbonyl (C=O) groups is 1. The Labute approximate surface area is 155 Å². The van der Waals surface area contributed by atoms with Gasteiger partial charge in [-0.25, -0.2) is 13.8 Å². The topological polar surface area (TPSA) is 105 Å². The summed E-state index contributed by atoms with van der Waals surface area (Å²) in [6, 6.07) is 6.57. The number of amides is 1. The third-order valence-corrected chi connectivity index (χ3v) is 4.53. The number of nitro groups is 1. The summed E-state index contributed by atoms with van der Waals surface area (Å²) in [4.78, 5) is 27.1. The van der Waals surface area contributed by atoms with Crippen LogP contribution in [0.3, 0.4) is 0 Å². The number of carbonyl (C=O) groups excluding carboxylic acids is 1. The molecule has 7 nitrogen and oxygen atoms in total. The highest BCUT2D eigenvalue weighted by Crippen LogP contribution is 2.32. The first-order valence-electron chi connectivity index (χ1n) is 7.48. The van der Waals surface area contributed by atoms with E-state index in [0.717, 1.165) is 35.6 Å². The molecule has 0 aliphatic rings. The Morgan fingerprint density at radius 3 is 2.59 bits per heavy atom. The normalized spacial score (nSPS) is 10.6. The van der Waals surface area contributed by atoms with Crippen molar-refractivity contribution in [2.45, 2.75) is 6.92 Å². The van der Waals surface area contributed by atoms with Crippen LogP contribution in [0.25, 0.3) is 11.3 Å². The Morgan fingerprint density at radius 2 is 1.96 bits per heavy atom. The van der Waals surface area contributed by atoms with Gasteiger partial charge in [0.15, 0.2) is 22.5 Å². The number of aromatic hydroxyl groups is 1. The number of hydrogen-bond donors (Lipinski definition) is 2. The number of aromatic nitrogens is 1. The highest BCUT2D eigenvalue weighted by Gasteiger charge is 2.18. The third kappa shape index (κ3) is 3.75. The molecule has 3 aromatic rings. The molecule has 0 aliphatic carbocycles. The molecule has 0 saturated carbocycles. The maximum Gasteiger partial charge on any atom is 0.310 e. The minimum absolute atomic E-state index is 0.000305. The summed E-state index contributed by atoms with van der Waals surface area (Å²) in [6.45, 7) is 1.71. The van der Waals surface area contributed by atoms with Crippen LogP contribution in [0.5, 0.6) is 5.75 Å². The average molecular weight is 391 g/mol. The van der Waals surface area contributed by atoms with Crippen molar-refractivity contribution < 1.29 is 23.6 Å². The number of thiazole rings is 1. The lowest BCUT2D eigenvalue weighted by molar-refractivity contribution is -0.385. The number of aryl methyl sites for hydroxylation is 1. The number of nitrogens with one attached hydrogen (secondary N) is 1. The quantitative estimate of drug-likeness (QED) is 0.511. The van der Waals surface area contributed by atoms with Crippen molar-refractivity contribution in [1.29, 1.82) is 0 Å². The second-order valence-corrected chi connectivity index (χ2v) is 6.67. The van der Waals surface area contributed by atoms with Crippen molar-refractivity contribution in [2.24, 2.45) is 0 Å². The van der Waals surface area contributed by atoms with Crippen LogP contribution in [-0.4, -0.2) is 20.9 Å². The molecule has 0 bridgehead atoms. The van der Waals surface area contributed by atoms with E-state index < -0.39 is 33.9 Å². The number of halogens is 2. The van der Waals surface area contributed by atoms with Crippen LogP contribution in [0.15, 0.2) is 36.4 Å². The fourth-order valence-electron chi connectivity index (χ4n) is 2.35. The minimum atomic E-state index is -1.01. The predicted octanol–water partition coefficient (Wildman–Crippen LogP) is 4.26. The Morgan fingerprint density at radius 1 is 1.22 bits per heavy atom. The van der Waals surface area contributed by atoms with Crippen LogP contribution in [0, 0.1) is 28.7 Å². The number of anilines is 1. The van der Waals surface area contributed by atoms with E-state index >= 15 is 0 Å². The van der Waals surface area contributed by atoms with E-state index in [4.69, 9.17) is 0 Å². The highest BCUT2D eigenvalue weighted by molar-refractivity contribution is 7.16. The molecule has 27 heavy (non-hydrogen) atoms. The predicted molar refractivity (Wildman–Crippen MR) is 94.9 cm³/mol. The van der Waals surface area contributed by atoms with Crippen LogP contribution in [-0.2, 0) is 0 Å². The number of phenolic OH excluding ortho intramolecular Hbond substituents is 1. The van der Waals surface area contributed by atoms with E-state index in [-0.39, 0.29) is 10.7 Å². The molecule has 3 rings (SSSR count). The van der Waals surface area contributed by atoms with Crippen LogP contribution in [0.2, 0.25) is 0 Å². The molecule has 0 radical (unpaired) electrons. The van der Waals surface area contributed by atoms with Gasteiger partial charge in [0.25, 0.3) is 5.91 Å². The lowest BCUT2D eigenvalue weighted by Crippen LogP contribution is -2.11.